The summed E-state index contributed by atoms with van der Waals surface area (Å²) in [5, 5.41) is 13.6. The summed E-state index contributed by atoms with van der Waals surface area (Å²) < 4.78 is 2.40. The molecule has 0 spiro atoms. The average Bonchev–Trinajstić information content (AvgIpc) is 3.62. The van der Waals surface area contributed by atoms with E-state index in [9.17, 15) is 0 Å². The molecule has 0 aliphatic heterocycles. The summed E-state index contributed by atoms with van der Waals surface area (Å²) >= 11 is 0. The Morgan fingerprint density at radius 3 is 1.58 bits per heavy atom. The van der Waals surface area contributed by atoms with Gasteiger partial charge in [0.1, 0.15) is 0 Å². The van der Waals surface area contributed by atoms with Gasteiger partial charge >= 0.3 is 0 Å². The predicted octanol–water partition coefficient (Wildman–Crippen LogP) is 14.9. The molecule has 0 saturated carbocycles. The van der Waals surface area contributed by atoms with Gasteiger partial charge < -0.3 is 4.57 Å². The largest absolute Gasteiger partial charge is 0.309 e. The van der Waals surface area contributed by atoms with Gasteiger partial charge in [0.15, 0.2) is 0 Å². The van der Waals surface area contributed by atoms with E-state index in [1.54, 1.807) is 0 Å². The number of fused-ring (bicyclic) bond motifs is 10. The van der Waals surface area contributed by atoms with Gasteiger partial charge in [0.2, 0.25) is 0 Å². The molecule has 57 heavy (non-hydrogen) atoms. The second-order valence-corrected chi connectivity index (χ2v) is 15.0. The number of para-hydroxylation sites is 3. The van der Waals surface area contributed by atoms with Gasteiger partial charge in [0, 0.05) is 38.2 Å². The molecule has 2 heteroatoms. The zero-order chi connectivity index (χ0) is 37.5. The van der Waals surface area contributed by atoms with E-state index in [0.29, 0.717) is 0 Å². The van der Waals surface area contributed by atoms with Crippen molar-refractivity contribution >= 4 is 75.8 Å². The maximum atomic E-state index is 5.39. The third-order valence-corrected chi connectivity index (χ3v) is 11.9. The van der Waals surface area contributed by atoms with Gasteiger partial charge in [-0.3, -0.25) is 0 Å². The van der Waals surface area contributed by atoms with Crippen LogP contribution in [0.1, 0.15) is 0 Å². The summed E-state index contributed by atoms with van der Waals surface area (Å²) in [6.07, 6.45) is 0. The van der Waals surface area contributed by atoms with Crippen molar-refractivity contribution in [1.29, 1.82) is 0 Å². The van der Waals surface area contributed by atoms with Crippen molar-refractivity contribution < 1.29 is 0 Å². The van der Waals surface area contributed by atoms with E-state index >= 15 is 0 Å². The maximum absolute atomic E-state index is 5.39. The third-order valence-electron chi connectivity index (χ3n) is 11.9. The molecule has 0 radical (unpaired) electrons. The van der Waals surface area contributed by atoms with Crippen LogP contribution in [0.4, 0.5) is 0 Å². The van der Waals surface area contributed by atoms with Crippen molar-refractivity contribution in [2.75, 3.05) is 0 Å². The van der Waals surface area contributed by atoms with Crippen LogP contribution in [0.2, 0.25) is 0 Å². The number of benzene rings is 10. The molecule has 0 aliphatic rings. The second kappa shape index (κ2) is 12.5. The summed E-state index contributed by atoms with van der Waals surface area (Å²) in [4.78, 5) is 5.39. The molecule has 12 rings (SSSR count). The Kier molecular flexibility index (Phi) is 6.96. The van der Waals surface area contributed by atoms with Crippen LogP contribution in [0.25, 0.3) is 115 Å². The van der Waals surface area contributed by atoms with Crippen molar-refractivity contribution in [2.24, 2.45) is 0 Å². The molecule has 2 heterocycles. The lowest BCUT2D eigenvalue weighted by atomic mass is 9.85. The molecule has 0 N–H and O–H groups in total. The third kappa shape index (κ3) is 4.81. The normalized spacial score (nSPS) is 11.9. The Bertz CT molecular complexity index is 3500. The number of hydrogen-bond donors (Lipinski definition) is 0. The topological polar surface area (TPSA) is 17.8 Å². The van der Waals surface area contributed by atoms with Crippen LogP contribution in [-0.4, -0.2) is 9.55 Å². The Morgan fingerprint density at radius 2 is 0.860 bits per heavy atom. The highest BCUT2D eigenvalue weighted by molar-refractivity contribution is 6.29. The van der Waals surface area contributed by atoms with E-state index < -0.39 is 0 Å². The minimum absolute atomic E-state index is 0.995. The molecule has 0 unspecified atom stereocenters. The highest BCUT2D eigenvalue weighted by Crippen LogP contribution is 2.46. The SMILES string of the molecule is c1ccc(-n2c3ccccc3c3c4c(ccc32)c(-c2ccc(-c3c5ccccc5c(-c5ccc6ccccc6c5)c5ccccc35)cc2)nc2ccccc24)cc1. The minimum Gasteiger partial charge on any atom is -0.309 e. The zero-order valence-corrected chi connectivity index (χ0v) is 31.0. The molecule has 0 atom stereocenters. The summed E-state index contributed by atoms with van der Waals surface area (Å²) in [5.74, 6) is 0. The fourth-order valence-electron chi connectivity index (χ4n) is 9.47. The Hall–Kier alpha value is -7.55. The molecule has 0 aliphatic carbocycles. The lowest BCUT2D eigenvalue weighted by Gasteiger charge is -2.18. The van der Waals surface area contributed by atoms with E-state index in [2.05, 4.69) is 211 Å². The number of nitrogens with zero attached hydrogens (tertiary/aromatic N) is 2. The van der Waals surface area contributed by atoms with Gasteiger partial charge in [0.05, 0.1) is 22.2 Å². The Morgan fingerprint density at radius 1 is 0.316 bits per heavy atom. The van der Waals surface area contributed by atoms with Gasteiger partial charge in [-0.2, -0.15) is 0 Å². The monoisotopic (exact) mass is 722 g/mol. The van der Waals surface area contributed by atoms with Crippen molar-refractivity contribution in [3.05, 3.63) is 206 Å². The fraction of sp³-hybridized carbons (Fsp3) is 0. The molecule has 10 aromatic carbocycles. The van der Waals surface area contributed by atoms with Crippen LogP contribution < -0.4 is 0 Å². The maximum Gasteiger partial charge on any atom is 0.0788 e. The highest BCUT2D eigenvalue weighted by Gasteiger charge is 2.21. The highest BCUT2D eigenvalue weighted by atomic mass is 15.0. The number of aromatic nitrogens is 2. The smallest absolute Gasteiger partial charge is 0.0788 e. The van der Waals surface area contributed by atoms with Gasteiger partial charge in [-0.05, 0) is 91.0 Å². The van der Waals surface area contributed by atoms with E-state index in [4.69, 9.17) is 4.98 Å². The second-order valence-electron chi connectivity index (χ2n) is 15.0. The summed E-state index contributed by atoms with van der Waals surface area (Å²) in [6.45, 7) is 0. The van der Waals surface area contributed by atoms with E-state index in [0.717, 1.165) is 27.8 Å². The predicted molar refractivity (Wildman–Crippen MR) is 242 cm³/mol. The number of hydrogen-bond acceptors (Lipinski definition) is 1. The molecule has 0 bridgehead atoms. The van der Waals surface area contributed by atoms with Crippen LogP contribution in [-0.2, 0) is 0 Å². The van der Waals surface area contributed by atoms with Crippen molar-refractivity contribution in [2.45, 2.75) is 0 Å². The fourth-order valence-corrected chi connectivity index (χ4v) is 9.47. The lowest BCUT2D eigenvalue weighted by molar-refractivity contribution is 1.18. The standard InChI is InChI=1S/C55H34N2/c1-2-16-40(17-3-1)57-49-25-13-11-23-46(49)54-50(57)33-32-47-53(54)45-22-10-12-24-48(45)56-55(47)37-29-27-36(28-30-37)51-41-18-6-8-20-43(41)52(44-21-9-7-19-42(44)51)39-31-26-35-14-4-5-15-38(35)34-39/h1-34H. The van der Waals surface area contributed by atoms with Crippen LogP contribution in [0.3, 0.4) is 0 Å². The van der Waals surface area contributed by atoms with Gasteiger partial charge in [-0.15, -0.1) is 0 Å². The quantitative estimate of drug-likeness (QED) is 0.131. The summed E-state index contributed by atoms with van der Waals surface area (Å²) in [5.41, 5.74) is 11.6. The van der Waals surface area contributed by atoms with Crippen LogP contribution in [0.5, 0.6) is 0 Å². The van der Waals surface area contributed by atoms with Crippen molar-refractivity contribution in [1.82, 2.24) is 9.55 Å². The van der Waals surface area contributed by atoms with Crippen LogP contribution >= 0.6 is 0 Å². The van der Waals surface area contributed by atoms with E-state index in [1.165, 1.54) is 87.1 Å². The first-order chi connectivity index (χ1) is 28.3. The summed E-state index contributed by atoms with van der Waals surface area (Å²) in [7, 11) is 0. The van der Waals surface area contributed by atoms with E-state index in [1.807, 2.05) is 0 Å². The number of rotatable bonds is 4. The Labute approximate surface area is 329 Å². The zero-order valence-electron chi connectivity index (χ0n) is 31.0. The molecule has 2 nitrogen and oxygen atoms in total. The van der Waals surface area contributed by atoms with Gasteiger partial charge in [-0.1, -0.05) is 170 Å². The number of pyridine rings is 1. The molecule has 264 valence electrons. The molecule has 12 aromatic rings. The van der Waals surface area contributed by atoms with Crippen molar-refractivity contribution in [3.63, 3.8) is 0 Å². The molecule has 0 fully saturated rings. The molecule has 0 amide bonds. The van der Waals surface area contributed by atoms with Gasteiger partial charge in [0.25, 0.3) is 0 Å². The van der Waals surface area contributed by atoms with Gasteiger partial charge in [-0.25, -0.2) is 4.98 Å². The first kappa shape index (κ1) is 31.8. The minimum atomic E-state index is 0.995. The average molecular weight is 723 g/mol. The molecular weight excluding hydrogens is 689 g/mol. The Balaban J connectivity index is 1.08. The molecule has 0 saturated heterocycles. The van der Waals surface area contributed by atoms with Crippen LogP contribution in [0.15, 0.2) is 206 Å². The summed E-state index contributed by atoms with van der Waals surface area (Å²) in [6, 6.07) is 75.1. The first-order valence-electron chi connectivity index (χ1n) is 19.6. The molecular formula is C55H34N2. The first-order valence-corrected chi connectivity index (χ1v) is 19.6. The van der Waals surface area contributed by atoms with Crippen molar-refractivity contribution in [3.8, 4) is 39.2 Å². The molecule has 2 aromatic heterocycles. The van der Waals surface area contributed by atoms with E-state index in [-0.39, 0.29) is 0 Å². The van der Waals surface area contributed by atoms with Crippen LogP contribution in [0, 0.1) is 0 Å². The lowest BCUT2D eigenvalue weighted by Crippen LogP contribution is -1.94.